The summed E-state index contributed by atoms with van der Waals surface area (Å²) in [7, 11) is 1.61. The Bertz CT molecular complexity index is 1260. The molecule has 0 aliphatic heterocycles. The highest BCUT2D eigenvalue weighted by Gasteiger charge is 2.13. The van der Waals surface area contributed by atoms with Gasteiger partial charge in [0.1, 0.15) is 23.9 Å². The number of carbonyl (C=O) groups is 1. The second-order valence-electron chi connectivity index (χ2n) is 7.04. The minimum absolute atomic E-state index is 0.0221. The van der Waals surface area contributed by atoms with E-state index in [1.165, 1.54) is 24.3 Å². The van der Waals surface area contributed by atoms with Crippen molar-refractivity contribution in [3.05, 3.63) is 100 Å². The number of rotatable bonds is 9. The first-order valence-electron chi connectivity index (χ1n) is 9.93. The lowest BCUT2D eigenvalue weighted by molar-refractivity contribution is -0.384. The van der Waals surface area contributed by atoms with Crippen LogP contribution in [0.25, 0.3) is 0 Å². The van der Waals surface area contributed by atoms with Crippen LogP contribution in [0, 0.1) is 10.1 Å². The summed E-state index contributed by atoms with van der Waals surface area (Å²) in [5.41, 5.74) is 1.52. The van der Waals surface area contributed by atoms with Crippen LogP contribution in [-0.2, 0) is 13.2 Å². The average Bonchev–Trinajstić information content (AvgIpc) is 3.48. The van der Waals surface area contributed by atoms with Gasteiger partial charge >= 0.3 is 0 Å². The van der Waals surface area contributed by atoms with Gasteiger partial charge in [-0.25, -0.2) is 0 Å². The molecule has 1 amide bonds. The first-order valence-corrected chi connectivity index (χ1v) is 9.93. The van der Waals surface area contributed by atoms with Crippen molar-refractivity contribution in [2.24, 2.45) is 0 Å². The molecule has 0 radical (unpaired) electrons. The topological polar surface area (TPSA) is 122 Å². The molecule has 1 N–H and O–H groups in total. The van der Waals surface area contributed by atoms with Crippen molar-refractivity contribution in [1.29, 1.82) is 0 Å². The van der Waals surface area contributed by atoms with Gasteiger partial charge in [-0.15, -0.1) is 0 Å². The SMILES string of the molecule is COc1cccc(Cn2cc(NC(=O)c3ccc(COc4ccc([N+](=O)[O-])cc4)o3)cn2)c1. The summed E-state index contributed by atoms with van der Waals surface area (Å²) in [5, 5.41) is 17.7. The highest BCUT2D eigenvalue weighted by molar-refractivity contribution is 6.02. The maximum absolute atomic E-state index is 12.5. The van der Waals surface area contributed by atoms with Crippen molar-refractivity contribution in [3.8, 4) is 11.5 Å². The van der Waals surface area contributed by atoms with E-state index >= 15 is 0 Å². The Kier molecular flexibility index (Phi) is 6.35. The highest BCUT2D eigenvalue weighted by atomic mass is 16.6. The van der Waals surface area contributed by atoms with Gasteiger partial charge in [0.15, 0.2) is 5.76 Å². The van der Waals surface area contributed by atoms with Crippen molar-refractivity contribution in [1.82, 2.24) is 9.78 Å². The molecule has 0 aliphatic rings. The maximum Gasteiger partial charge on any atom is 0.291 e. The smallest absolute Gasteiger partial charge is 0.291 e. The lowest BCUT2D eigenvalue weighted by atomic mass is 10.2. The third-order valence-electron chi connectivity index (χ3n) is 4.68. The van der Waals surface area contributed by atoms with Crippen LogP contribution >= 0.6 is 0 Å². The standard InChI is InChI=1S/C23H20N4O6/c1-31-20-4-2-3-16(11-20)13-26-14-17(12-24-26)25-23(28)22-10-9-21(33-22)15-32-19-7-5-18(6-8-19)27(29)30/h2-12,14H,13,15H2,1H3,(H,25,28). The summed E-state index contributed by atoms with van der Waals surface area (Å²) < 4.78 is 18.0. The fourth-order valence-electron chi connectivity index (χ4n) is 3.06. The van der Waals surface area contributed by atoms with Crippen molar-refractivity contribution < 1.29 is 23.6 Å². The maximum atomic E-state index is 12.5. The van der Waals surface area contributed by atoms with Crippen LogP contribution in [0.4, 0.5) is 11.4 Å². The molecule has 0 atom stereocenters. The highest BCUT2D eigenvalue weighted by Crippen LogP contribution is 2.20. The van der Waals surface area contributed by atoms with Crippen LogP contribution in [0.5, 0.6) is 11.5 Å². The van der Waals surface area contributed by atoms with E-state index < -0.39 is 10.8 Å². The van der Waals surface area contributed by atoms with Gasteiger partial charge in [-0.2, -0.15) is 5.10 Å². The largest absolute Gasteiger partial charge is 0.497 e. The van der Waals surface area contributed by atoms with Gasteiger partial charge in [0.05, 0.1) is 30.5 Å². The van der Waals surface area contributed by atoms with Crippen molar-refractivity contribution in [2.45, 2.75) is 13.2 Å². The second-order valence-corrected chi connectivity index (χ2v) is 7.04. The Morgan fingerprint density at radius 3 is 2.73 bits per heavy atom. The molecule has 0 unspecified atom stereocenters. The zero-order valence-corrected chi connectivity index (χ0v) is 17.6. The number of furan rings is 1. The quantitative estimate of drug-likeness (QED) is 0.300. The molecule has 10 nitrogen and oxygen atoms in total. The number of nitrogens with zero attached hydrogens (tertiary/aromatic N) is 3. The van der Waals surface area contributed by atoms with Gasteiger partial charge in [-0.1, -0.05) is 12.1 Å². The number of carbonyl (C=O) groups excluding carboxylic acids is 1. The lowest BCUT2D eigenvalue weighted by Gasteiger charge is -2.05. The van der Waals surface area contributed by atoms with Crippen LogP contribution in [0.2, 0.25) is 0 Å². The zero-order valence-electron chi connectivity index (χ0n) is 17.6. The van der Waals surface area contributed by atoms with Gasteiger partial charge in [-0.05, 0) is 42.0 Å². The predicted octanol–water partition coefficient (Wildman–Crippen LogP) is 4.27. The van der Waals surface area contributed by atoms with Gasteiger partial charge in [-0.3, -0.25) is 19.6 Å². The third kappa shape index (κ3) is 5.56. The Balaban J connectivity index is 1.31. The number of hydrogen-bond acceptors (Lipinski definition) is 7. The molecule has 0 fully saturated rings. The fourth-order valence-corrected chi connectivity index (χ4v) is 3.06. The average molecular weight is 448 g/mol. The first kappa shape index (κ1) is 21.6. The Morgan fingerprint density at radius 2 is 1.97 bits per heavy atom. The van der Waals surface area contributed by atoms with Crippen LogP contribution in [-0.4, -0.2) is 27.7 Å². The number of amides is 1. The van der Waals surface area contributed by atoms with E-state index in [0.717, 1.165) is 11.3 Å². The molecule has 4 rings (SSSR count). The van der Waals surface area contributed by atoms with Crippen LogP contribution in [0.3, 0.4) is 0 Å². The van der Waals surface area contributed by atoms with Gasteiger partial charge < -0.3 is 19.2 Å². The van der Waals surface area contributed by atoms with Gasteiger partial charge in [0.25, 0.3) is 11.6 Å². The Hall–Kier alpha value is -4.60. The molecule has 0 aliphatic carbocycles. The van der Waals surface area contributed by atoms with E-state index in [-0.39, 0.29) is 18.1 Å². The number of aromatic nitrogens is 2. The summed E-state index contributed by atoms with van der Waals surface area (Å²) in [6.45, 7) is 0.599. The number of hydrogen-bond donors (Lipinski definition) is 1. The Morgan fingerprint density at radius 1 is 1.15 bits per heavy atom. The number of ether oxygens (including phenoxy) is 2. The van der Waals surface area contributed by atoms with E-state index in [0.29, 0.717) is 23.7 Å². The summed E-state index contributed by atoms with van der Waals surface area (Å²) in [5.74, 6) is 1.35. The normalized spacial score (nSPS) is 10.6. The van der Waals surface area contributed by atoms with Crippen LogP contribution < -0.4 is 14.8 Å². The van der Waals surface area contributed by atoms with Gasteiger partial charge in [0.2, 0.25) is 0 Å². The molecular formula is C23H20N4O6. The zero-order chi connectivity index (χ0) is 23.2. The van der Waals surface area contributed by atoms with E-state index in [9.17, 15) is 14.9 Å². The minimum Gasteiger partial charge on any atom is -0.497 e. The van der Waals surface area contributed by atoms with Crippen molar-refractivity contribution in [3.63, 3.8) is 0 Å². The molecule has 0 saturated heterocycles. The molecule has 4 aromatic rings. The van der Waals surface area contributed by atoms with Crippen molar-refractivity contribution >= 4 is 17.3 Å². The van der Waals surface area contributed by atoms with E-state index in [2.05, 4.69) is 10.4 Å². The number of benzene rings is 2. The third-order valence-corrected chi connectivity index (χ3v) is 4.68. The molecule has 0 bridgehead atoms. The Labute approximate surface area is 188 Å². The number of nitrogens with one attached hydrogen (secondary N) is 1. The first-order chi connectivity index (χ1) is 16.0. The van der Waals surface area contributed by atoms with Crippen molar-refractivity contribution in [2.75, 3.05) is 12.4 Å². The number of methoxy groups -OCH3 is 1. The molecule has 10 heteroatoms. The number of non-ortho nitro benzene ring substituents is 1. The van der Waals surface area contributed by atoms with E-state index in [1.54, 1.807) is 36.3 Å². The van der Waals surface area contributed by atoms with E-state index in [1.807, 2.05) is 24.3 Å². The summed E-state index contributed by atoms with van der Waals surface area (Å²) in [6, 6.07) is 16.5. The second kappa shape index (κ2) is 9.69. The summed E-state index contributed by atoms with van der Waals surface area (Å²) in [6.07, 6.45) is 3.28. The number of anilines is 1. The van der Waals surface area contributed by atoms with Gasteiger partial charge in [0, 0.05) is 18.3 Å². The summed E-state index contributed by atoms with van der Waals surface area (Å²) >= 11 is 0. The number of nitro groups is 1. The molecule has 2 aromatic heterocycles. The molecular weight excluding hydrogens is 428 g/mol. The molecule has 0 saturated carbocycles. The van der Waals surface area contributed by atoms with E-state index in [4.69, 9.17) is 13.9 Å². The van der Waals surface area contributed by atoms with Crippen LogP contribution in [0.15, 0.2) is 77.5 Å². The minimum atomic E-state index is -0.482. The summed E-state index contributed by atoms with van der Waals surface area (Å²) in [4.78, 5) is 22.7. The molecule has 0 spiro atoms. The predicted molar refractivity (Wildman–Crippen MR) is 118 cm³/mol. The fraction of sp³-hybridized carbons (Fsp3) is 0.130. The van der Waals surface area contributed by atoms with Crippen LogP contribution in [0.1, 0.15) is 21.9 Å². The molecule has 33 heavy (non-hydrogen) atoms. The molecule has 2 aromatic carbocycles. The number of nitro benzene ring substituents is 1. The molecule has 2 heterocycles. The molecule has 168 valence electrons. The monoisotopic (exact) mass is 448 g/mol. The lowest BCUT2D eigenvalue weighted by Crippen LogP contribution is -2.10.